The fourth-order valence-corrected chi connectivity index (χ4v) is 4.67. The van der Waals surface area contributed by atoms with Gasteiger partial charge in [0, 0.05) is 24.4 Å². The Balaban J connectivity index is 1.31. The van der Waals surface area contributed by atoms with Crippen molar-refractivity contribution in [1.82, 2.24) is 20.1 Å². The summed E-state index contributed by atoms with van der Waals surface area (Å²) in [5, 5.41) is 17.9. The lowest BCUT2D eigenvalue weighted by molar-refractivity contribution is 0.252. The third-order valence-corrected chi connectivity index (χ3v) is 6.15. The van der Waals surface area contributed by atoms with E-state index in [1.807, 2.05) is 42.5 Å². The number of aryl methyl sites for hydroxylation is 1. The summed E-state index contributed by atoms with van der Waals surface area (Å²) < 4.78 is 2.33. The molecule has 0 aliphatic heterocycles. The second-order valence-corrected chi connectivity index (χ2v) is 8.20. The average molecular weight is 410 g/mol. The zero-order chi connectivity index (χ0) is 20.1. The van der Waals surface area contributed by atoms with Crippen molar-refractivity contribution in [3.05, 3.63) is 48.3 Å². The van der Waals surface area contributed by atoms with Crippen LogP contribution in [0.2, 0.25) is 0 Å². The first-order valence-corrected chi connectivity index (χ1v) is 11.5. The number of nitrogens with one attached hydrogen (secondary N) is 2. The summed E-state index contributed by atoms with van der Waals surface area (Å²) in [5.74, 6) is 1.04. The summed E-state index contributed by atoms with van der Waals surface area (Å²) >= 11 is 1.66. The molecule has 0 bridgehead atoms. The maximum atomic E-state index is 12.3. The molecule has 1 fully saturated rings. The summed E-state index contributed by atoms with van der Waals surface area (Å²) in [6, 6.07) is 14.3. The third-order valence-electron chi connectivity index (χ3n) is 5.51. The van der Waals surface area contributed by atoms with Crippen molar-refractivity contribution in [3.63, 3.8) is 0 Å². The molecule has 0 spiro atoms. The quantitative estimate of drug-likeness (QED) is 0.424. The highest BCUT2D eigenvalue weighted by Crippen LogP contribution is 2.33. The van der Waals surface area contributed by atoms with Gasteiger partial charge in [0.15, 0.2) is 5.16 Å². The Morgan fingerprint density at radius 2 is 1.93 bits per heavy atom. The molecule has 6 nitrogen and oxygen atoms in total. The Hall–Kier alpha value is -2.54. The number of thioether (sulfide) groups is 1. The number of benzene rings is 2. The van der Waals surface area contributed by atoms with E-state index in [1.54, 1.807) is 11.8 Å². The molecule has 1 aliphatic carbocycles. The Morgan fingerprint density at radius 3 is 2.76 bits per heavy atom. The number of hydrogen-bond acceptors (Lipinski definition) is 4. The summed E-state index contributed by atoms with van der Waals surface area (Å²) in [5.41, 5.74) is 0.825. The van der Waals surface area contributed by atoms with Crippen molar-refractivity contribution in [2.45, 2.75) is 49.7 Å². The molecule has 1 aromatic heterocycles. The lowest BCUT2D eigenvalue weighted by Crippen LogP contribution is -2.30. The SMILES string of the molecule is CSc1nnc(CCCNC(=O)Nc2cccc3ccccc23)n1C1CCCC1. The van der Waals surface area contributed by atoms with Crippen molar-refractivity contribution in [1.29, 1.82) is 0 Å². The molecule has 0 saturated heterocycles. The van der Waals surface area contributed by atoms with Crippen molar-refractivity contribution in [3.8, 4) is 0 Å². The van der Waals surface area contributed by atoms with Gasteiger partial charge in [0.1, 0.15) is 5.82 Å². The van der Waals surface area contributed by atoms with E-state index in [1.165, 1.54) is 25.7 Å². The topological polar surface area (TPSA) is 71.8 Å². The number of carbonyl (C=O) groups is 1. The molecule has 1 heterocycles. The fourth-order valence-electron chi connectivity index (χ4n) is 4.10. The molecule has 1 saturated carbocycles. The number of carbonyl (C=O) groups excluding carboxylic acids is 1. The number of anilines is 1. The van der Waals surface area contributed by atoms with E-state index in [-0.39, 0.29) is 6.03 Å². The highest BCUT2D eigenvalue weighted by atomic mass is 32.2. The summed E-state index contributed by atoms with van der Waals surface area (Å²) in [6.07, 6.45) is 8.70. The number of nitrogens with zero attached hydrogens (tertiary/aromatic N) is 3. The van der Waals surface area contributed by atoms with Crippen LogP contribution < -0.4 is 10.6 Å². The van der Waals surface area contributed by atoms with Crippen LogP contribution in [0.25, 0.3) is 10.8 Å². The number of urea groups is 1. The first-order valence-electron chi connectivity index (χ1n) is 10.3. The number of amides is 2. The molecule has 2 amide bonds. The van der Waals surface area contributed by atoms with Gasteiger partial charge in [0.25, 0.3) is 0 Å². The molecule has 3 aromatic rings. The smallest absolute Gasteiger partial charge is 0.319 e. The molecule has 7 heteroatoms. The number of aromatic nitrogens is 3. The minimum Gasteiger partial charge on any atom is -0.338 e. The monoisotopic (exact) mass is 409 g/mol. The molecule has 2 aromatic carbocycles. The minimum atomic E-state index is -0.177. The molecule has 1 aliphatic rings. The summed E-state index contributed by atoms with van der Waals surface area (Å²) in [6.45, 7) is 0.600. The summed E-state index contributed by atoms with van der Waals surface area (Å²) in [7, 11) is 0. The van der Waals surface area contributed by atoms with E-state index in [2.05, 4.69) is 31.7 Å². The van der Waals surface area contributed by atoms with E-state index in [0.29, 0.717) is 12.6 Å². The zero-order valence-electron chi connectivity index (χ0n) is 16.7. The van der Waals surface area contributed by atoms with E-state index in [0.717, 1.165) is 40.3 Å². The van der Waals surface area contributed by atoms with Crippen LogP contribution in [0.1, 0.15) is 44.0 Å². The molecule has 4 rings (SSSR count). The van der Waals surface area contributed by atoms with Gasteiger partial charge in [-0.2, -0.15) is 0 Å². The number of rotatable bonds is 7. The van der Waals surface area contributed by atoms with Gasteiger partial charge >= 0.3 is 6.03 Å². The maximum Gasteiger partial charge on any atom is 0.319 e. The van der Waals surface area contributed by atoms with Crippen LogP contribution in [-0.4, -0.2) is 33.6 Å². The van der Waals surface area contributed by atoms with Crippen LogP contribution in [-0.2, 0) is 6.42 Å². The van der Waals surface area contributed by atoms with Gasteiger partial charge in [-0.05, 0) is 37.0 Å². The predicted octanol–water partition coefficient (Wildman–Crippen LogP) is 5.02. The second kappa shape index (κ2) is 9.31. The highest BCUT2D eigenvalue weighted by molar-refractivity contribution is 7.98. The van der Waals surface area contributed by atoms with E-state index >= 15 is 0 Å². The van der Waals surface area contributed by atoms with Gasteiger partial charge in [0.05, 0.1) is 5.69 Å². The largest absolute Gasteiger partial charge is 0.338 e. The molecule has 29 heavy (non-hydrogen) atoms. The molecule has 2 N–H and O–H groups in total. The summed E-state index contributed by atoms with van der Waals surface area (Å²) in [4.78, 5) is 12.3. The zero-order valence-corrected chi connectivity index (χ0v) is 17.5. The first-order chi connectivity index (χ1) is 14.3. The number of hydrogen-bond donors (Lipinski definition) is 2. The standard InChI is InChI=1S/C22H27N5OS/c1-29-22-26-25-20(27(22)17-10-3-4-11-17)14-7-15-23-21(28)24-19-13-6-9-16-8-2-5-12-18(16)19/h2,5-6,8-9,12-13,17H,3-4,7,10-11,14-15H2,1H3,(H2,23,24,28). The van der Waals surface area contributed by atoms with Crippen molar-refractivity contribution in [2.24, 2.45) is 0 Å². The van der Waals surface area contributed by atoms with Crippen LogP contribution in [0.5, 0.6) is 0 Å². The first kappa shape index (κ1) is 19.8. The predicted molar refractivity (Wildman–Crippen MR) is 119 cm³/mol. The van der Waals surface area contributed by atoms with Crippen molar-refractivity contribution in [2.75, 3.05) is 18.1 Å². The van der Waals surface area contributed by atoms with Crippen LogP contribution in [0.3, 0.4) is 0 Å². The molecule has 0 unspecified atom stereocenters. The van der Waals surface area contributed by atoms with Gasteiger partial charge in [-0.15, -0.1) is 10.2 Å². The fraction of sp³-hybridized carbons (Fsp3) is 0.409. The van der Waals surface area contributed by atoms with Crippen molar-refractivity contribution >= 4 is 34.3 Å². The Morgan fingerprint density at radius 1 is 1.14 bits per heavy atom. The lowest BCUT2D eigenvalue weighted by Gasteiger charge is -2.16. The normalized spacial score (nSPS) is 14.4. The Kier molecular flexibility index (Phi) is 6.34. The molecular formula is C22H27N5OS. The van der Waals surface area contributed by atoms with E-state index in [4.69, 9.17) is 0 Å². The van der Waals surface area contributed by atoms with E-state index in [9.17, 15) is 4.79 Å². The molecule has 152 valence electrons. The highest BCUT2D eigenvalue weighted by Gasteiger charge is 2.23. The van der Waals surface area contributed by atoms with Gasteiger partial charge in [-0.1, -0.05) is 61.0 Å². The second-order valence-electron chi connectivity index (χ2n) is 7.42. The third kappa shape index (κ3) is 4.56. The van der Waals surface area contributed by atoms with Crippen LogP contribution in [0.15, 0.2) is 47.6 Å². The Bertz CT molecular complexity index is 975. The lowest BCUT2D eigenvalue weighted by atomic mass is 10.1. The van der Waals surface area contributed by atoms with Gasteiger partial charge in [-0.25, -0.2) is 4.79 Å². The molecule has 0 radical (unpaired) electrons. The molecule has 0 atom stereocenters. The van der Waals surface area contributed by atoms with Crippen LogP contribution in [0, 0.1) is 0 Å². The van der Waals surface area contributed by atoms with Gasteiger partial charge in [0.2, 0.25) is 0 Å². The minimum absolute atomic E-state index is 0.177. The number of fused-ring (bicyclic) bond motifs is 1. The van der Waals surface area contributed by atoms with Gasteiger partial charge < -0.3 is 15.2 Å². The van der Waals surface area contributed by atoms with Crippen LogP contribution in [0.4, 0.5) is 10.5 Å². The van der Waals surface area contributed by atoms with Gasteiger partial charge in [-0.3, -0.25) is 0 Å². The van der Waals surface area contributed by atoms with Crippen molar-refractivity contribution < 1.29 is 4.79 Å². The average Bonchev–Trinajstić information content (AvgIpc) is 3.41. The Labute approximate surface area is 175 Å². The van der Waals surface area contributed by atoms with E-state index < -0.39 is 0 Å². The maximum absolute atomic E-state index is 12.3. The molecular weight excluding hydrogens is 382 g/mol. The van der Waals surface area contributed by atoms with Crippen LogP contribution >= 0.6 is 11.8 Å².